The second-order valence-electron chi connectivity index (χ2n) is 5.28. The van der Waals surface area contributed by atoms with Crippen LogP contribution in [0.4, 0.5) is 14.9 Å². The summed E-state index contributed by atoms with van der Waals surface area (Å²) in [4.78, 5) is 26.5. The number of likely N-dealkylation sites (tertiary alicyclic amines) is 1. The van der Waals surface area contributed by atoms with Gasteiger partial charge in [0.25, 0.3) is 0 Å². The first kappa shape index (κ1) is 15.2. The average Bonchev–Trinajstić information content (AvgIpc) is 2.90. The Bertz CT molecular complexity index is 562. The van der Waals surface area contributed by atoms with E-state index < -0.39 is 11.8 Å². The topological polar surface area (TPSA) is 72.9 Å². The first-order valence-electron chi connectivity index (χ1n) is 6.63. The van der Waals surface area contributed by atoms with Crippen molar-refractivity contribution < 1.29 is 19.1 Å². The number of aromatic carboxylic acids is 1. The largest absolute Gasteiger partial charge is 0.478 e. The van der Waals surface area contributed by atoms with Crippen LogP contribution in [-0.4, -0.2) is 60.1 Å². The highest BCUT2D eigenvalue weighted by molar-refractivity contribution is 5.92. The lowest BCUT2D eigenvalue weighted by molar-refractivity contribution is 0.0696. The molecule has 1 aromatic carbocycles. The Morgan fingerprint density at radius 2 is 2.14 bits per heavy atom. The Kier molecular flexibility index (Phi) is 4.42. The molecule has 114 valence electrons. The number of likely N-dealkylation sites (N-methyl/N-ethyl adjacent to an activating group) is 1. The number of hydrogen-bond donors (Lipinski definition) is 2. The zero-order valence-corrected chi connectivity index (χ0v) is 12.0. The number of nitrogens with one attached hydrogen (secondary N) is 1. The maximum Gasteiger partial charge on any atom is 0.335 e. The minimum absolute atomic E-state index is 0.0155. The van der Waals surface area contributed by atoms with Gasteiger partial charge in [-0.3, -0.25) is 0 Å². The first-order valence-corrected chi connectivity index (χ1v) is 6.63. The van der Waals surface area contributed by atoms with E-state index in [2.05, 4.69) is 10.2 Å². The molecule has 1 heterocycles. The van der Waals surface area contributed by atoms with E-state index >= 15 is 0 Å². The third-order valence-electron chi connectivity index (χ3n) is 3.64. The van der Waals surface area contributed by atoms with E-state index in [1.54, 1.807) is 4.90 Å². The predicted molar refractivity (Wildman–Crippen MR) is 76.0 cm³/mol. The third kappa shape index (κ3) is 3.49. The molecular formula is C14H18FN3O3. The standard InChI is InChI=1S/C14H18FN3O3/c1-17(2)10-5-6-18(8-10)14(21)16-12-4-3-9(13(19)20)7-11(12)15/h3-4,7,10H,5-6,8H2,1-2H3,(H,16,21)(H,19,20). The number of carboxylic acids is 1. The smallest absolute Gasteiger partial charge is 0.335 e. The van der Waals surface area contributed by atoms with Gasteiger partial charge in [0, 0.05) is 19.1 Å². The Morgan fingerprint density at radius 3 is 2.67 bits per heavy atom. The second-order valence-corrected chi connectivity index (χ2v) is 5.28. The number of carbonyl (C=O) groups is 2. The van der Waals surface area contributed by atoms with Crippen LogP contribution in [0.2, 0.25) is 0 Å². The summed E-state index contributed by atoms with van der Waals surface area (Å²) in [6.07, 6.45) is 0.876. The summed E-state index contributed by atoms with van der Waals surface area (Å²) in [7, 11) is 3.91. The molecule has 1 atom stereocenters. The minimum Gasteiger partial charge on any atom is -0.478 e. The van der Waals surface area contributed by atoms with Gasteiger partial charge in [0.2, 0.25) is 0 Å². The van der Waals surface area contributed by atoms with Crippen molar-refractivity contribution >= 4 is 17.7 Å². The van der Waals surface area contributed by atoms with Crippen LogP contribution in [0.5, 0.6) is 0 Å². The summed E-state index contributed by atoms with van der Waals surface area (Å²) in [5.74, 6) is -1.97. The molecular weight excluding hydrogens is 277 g/mol. The predicted octanol–water partition coefficient (Wildman–Crippen LogP) is 1.69. The molecule has 2 amide bonds. The molecule has 2 rings (SSSR count). The van der Waals surface area contributed by atoms with Crippen molar-refractivity contribution in [3.05, 3.63) is 29.6 Å². The summed E-state index contributed by atoms with van der Waals surface area (Å²) in [5.41, 5.74) is -0.169. The Labute approximate surface area is 122 Å². The molecule has 21 heavy (non-hydrogen) atoms. The number of nitrogens with zero attached hydrogens (tertiary/aromatic N) is 2. The monoisotopic (exact) mass is 295 g/mol. The number of halogens is 1. The molecule has 0 spiro atoms. The van der Waals surface area contributed by atoms with Gasteiger partial charge >= 0.3 is 12.0 Å². The van der Waals surface area contributed by atoms with Crippen LogP contribution >= 0.6 is 0 Å². The Morgan fingerprint density at radius 1 is 1.43 bits per heavy atom. The van der Waals surface area contributed by atoms with E-state index in [1.165, 1.54) is 12.1 Å². The lowest BCUT2D eigenvalue weighted by atomic mass is 10.2. The van der Waals surface area contributed by atoms with Crippen LogP contribution in [0, 0.1) is 5.82 Å². The molecule has 1 fully saturated rings. The summed E-state index contributed by atoms with van der Waals surface area (Å²) in [6.45, 7) is 1.21. The molecule has 7 heteroatoms. The van der Waals surface area contributed by atoms with Gasteiger partial charge in [-0.2, -0.15) is 0 Å². The molecule has 1 aliphatic heterocycles. The van der Waals surface area contributed by atoms with E-state index in [-0.39, 0.29) is 17.3 Å². The van der Waals surface area contributed by atoms with E-state index in [4.69, 9.17) is 5.11 Å². The molecule has 0 aromatic heterocycles. The molecule has 0 bridgehead atoms. The van der Waals surface area contributed by atoms with E-state index in [0.717, 1.165) is 12.5 Å². The highest BCUT2D eigenvalue weighted by Gasteiger charge is 2.27. The number of carbonyl (C=O) groups excluding carboxylic acids is 1. The number of benzene rings is 1. The Balaban J connectivity index is 2.02. The summed E-state index contributed by atoms with van der Waals surface area (Å²) >= 11 is 0. The number of amides is 2. The fourth-order valence-corrected chi connectivity index (χ4v) is 2.29. The zero-order chi connectivity index (χ0) is 15.6. The minimum atomic E-state index is -1.21. The average molecular weight is 295 g/mol. The van der Waals surface area contributed by atoms with E-state index in [9.17, 15) is 14.0 Å². The SMILES string of the molecule is CN(C)C1CCN(C(=O)Nc2ccc(C(=O)O)cc2F)C1. The van der Waals surface area contributed by atoms with Crippen molar-refractivity contribution in [2.24, 2.45) is 0 Å². The van der Waals surface area contributed by atoms with Crippen molar-refractivity contribution in [3.63, 3.8) is 0 Å². The fraction of sp³-hybridized carbons (Fsp3) is 0.429. The van der Waals surface area contributed by atoms with Gasteiger partial charge in [-0.15, -0.1) is 0 Å². The van der Waals surface area contributed by atoms with Crippen LogP contribution in [-0.2, 0) is 0 Å². The van der Waals surface area contributed by atoms with Gasteiger partial charge in [0.1, 0.15) is 5.82 Å². The molecule has 2 N–H and O–H groups in total. The van der Waals surface area contributed by atoms with Crippen LogP contribution in [0.3, 0.4) is 0 Å². The number of anilines is 1. The van der Waals surface area contributed by atoms with Crippen LogP contribution in [0.1, 0.15) is 16.8 Å². The second kappa shape index (κ2) is 6.09. The van der Waals surface area contributed by atoms with Gasteiger partial charge in [0.05, 0.1) is 11.3 Å². The highest BCUT2D eigenvalue weighted by atomic mass is 19.1. The van der Waals surface area contributed by atoms with Crippen molar-refractivity contribution in [2.45, 2.75) is 12.5 Å². The molecule has 0 radical (unpaired) electrons. The molecule has 1 aliphatic rings. The molecule has 6 nitrogen and oxygen atoms in total. The van der Waals surface area contributed by atoms with Gasteiger partial charge in [0.15, 0.2) is 0 Å². The number of rotatable bonds is 3. The first-order chi connectivity index (χ1) is 9.88. The van der Waals surface area contributed by atoms with E-state index in [1.807, 2.05) is 14.1 Å². The highest BCUT2D eigenvalue weighted by Crippen LogP contribution is 2.19. The lowest BCUT2D eigenvalue weighted by Crippen LogP contribution is -2.37. The van der Waals surface area contributed by atoms with Gasteiger partial charge < -0.3 is 20.2 Å². The van der Waals surface area contributed by atoms with Gasteiger partial charge in [-0.25, -0.2) is 14.0 Å². The van der Waals surface area contributed by atoms with Crippen molar-refractivity contribution in [1.29, 1.82) is 0 Å². The van der Waals surface area contributed by atoms with Gasteiger partial charge in [-0.05, 0) is 38.7 Å². The Hall–Kier alpha value is -2.15. The van der Waals surface area contributed by atoms with Crippen molar-refractivity contribution in [3.8, 4) is 0 Å². The van der Waals surface area contributed by atoms with Crippen molar-refractivity contribution in [2.75, 3.05) is 32.5 Å². The summed E-state index contributed by atoms with van der Waals surface area (Å²) in [6, 6.07) is 3.34. The maximum atomic E-state index is 13.8. The molecule has 0 aliphatic carbocycles. The number of carboxylic acid groups (broad SMARTS) is 1. The van der Waals surface area contributed by atoms with Crippen LogP contribution < -0.4 is 5.32 Å². The number of hydrogen-bond acceptors (Lipinski definition) is 3. The van der Waals surface area contributed by atoms with E-state index in [0.29, 0.717) is 19.1 Å². The van der Waals surface area contributed by atoms with Crippen LogP contribution in [0.25, 0.3) is 0 Å². The van der Waals surface area contributed by atoms with Crippen molar-refractivity contribution in [1.82, 2.24) is 9.80 Å². The fourth-order valence-electron chi connectivity index (χ4n) is 2.29. The third-order valence-corrected chi connectivity index (χ3v) is 3.64. The summed E-state index contributed by atoms with van der Waals surface area (Å²) in [5, 5.41) is 11.2. The quantitative estimate of drug-likeness (QED) is 0.890. The molecule has 1 unspecified atom stereocenters. The normalized spacial score (nSPS) is 18.1. The summed E-state index contributed by atoms with van der Waals surface area (Å²) < 4.78 is 13.8. The molecule has 1 saturated heterocycles. The molecule has 0 saturated carbocycles. The lowest BCUT2D eigenvalue weighted by Gasteiger charge is -2.20. The molecule has 1 aromatic rings. The number of urea groups is 1. The zero-order valence-electron chi connectivity index (χ0n) is 12.0. The maximum absolute atomic E-state index is 13.8. The van der Waals surface area contributed by atoms with Crippen LogP contribution in [0.15, 0.2) is 18.2 Å². The van der Waals surface area contributed by atoms with Gasteiger partial charge in [-0.1, -0.05) is 0 Å².